The Kier molecular flexibility index (Phi) is 4.76. The molecule has 0 radical (unpaired) electrons. The molecule has 0 aliphatic carbocycles. The molecular formula is C18H21FN4O. The number of nitrogens with zero attached hydrogens (tertiary/aromatic N) is 2. The first-order chi connectivity index (χ1) is 11.6. The predicted octanol–water partition coefficient (Wildman–Crippen LogP) is 2.02. The lowest BCUT2D eigenvalue weighted by Gasteiger charge is -2.30. The zero-order valence-electron chi connectivity index (χ0n) is 13.6. The van der Waals surface area contributed by atoms with Crippen LogP contribution in [0.15, 0.2) is 48.8 Å². The molecule has 1 aliphatic heterocycles. The van der Waals surface area contributed by atoms with Crippen molar-refractivity contribution in [3.05, 3.63) is 60.2 Å². The molecule has 0 spiro atoms. The van der Waals surface area contributed by atoms with E-state index in [-0.39, 0.29) is 11.7 Å². The van der Waals surface area contributed by atoms with Crippen molar-refractivity contribution in [3.63, 3.8) is 0 Å². The number of anilines is 1. The molecule has 2 heterocycles. The molecule has 1 fully saturated rings. The minimum atomic E-state index is -0.754. The van der Waals surface area contributed by atoms with E-state index in [1.54, 1.807) is 31.6 Å². The van der Waals surface area contributed by atoms with Gasteiger partial charge in [-0.3, -0.25) is 14.7 Å². The van der Waals surface area contributed by atoms with Crippen LogP contribution in [0.2, 0.25) is 0 Å². The quantitative estimate of drug-likeness (QED) is 0.882. The maximum absolute atomic E-state index is 13.5. The molecular weight excluding hydrogens is 307 g/mol. The van der Waals surface area contributed by atoms with Crippen molar-refractivity contribution >= 4 is 11.6 Å². The fourth-order valence-electron chi connectivity index (χ4n) is 3.20. The van der Waals surface area contributed by atoms with Gasteiger partial charge in [0.05, 0.1) is 0 Å². The largest absolute Gasteiger partial charge is 0.370 e. The highest BCUT2D eigenvalue weighted by atomic mass is 19.1. The number of nitrogens with one attached hydrogen (secondary N) is 2. The second-order valence-electron chi connectivity index (χ2n) is 6.11. The molecule has 1 atom stereocenters. The molecule has 1 unspecified atom stereocenters. The van der Waals surface area contributed by atoms with Gasteiger partial charge in [-0.2, -0.15) is 0 Å². The second-order valence-corrected chi connectivity index (χ2v) is 6.11. The third-order valence-corrected chi connectivity index (χ3v) is 4.37. The Hall–Kier alpha value is -2.47. The summed E-state index contributed by atoms with van der Waals surface area (Å²) in [4.78, 5) is 18.8. The van der Waals surface area contributed by atoms with Gasteiger partial charge in [0.1, 0.15) is 11.4 Å². The topological polar surface area (TPSA) is 57.3 Å². The van der Waals surface area contributed by atoms with E-state index in [9.17, 15) is 9.18 Å². The van der Waals surface area contributed by atoms with Crippen LogP contribution in [0.5, 0.6) is 0 Å². The van der Waals surface area contributed by atoms with E-state index >= 15 is 0 Å². The Labute approximate surface area is 140 Å². The normalized spacial score (nSPS) is 20.8. The van der Waals surface area contributed by atoms with E-state index in [1.165, 1.54) is 12.1 Å². The second kappa shape index (κ2) is 6.97. The maximum atomic E-state index is 13.5. The monoisotopic (exact) mass is 328 g/mol. The standard InChI is InChI=1S/C18H21FN4O/c1-20-17(24)18(22-16-4-2-3-15(19)11-16)7-10-23(13-18)12-14-5-8-21-9-6-14/h2-6,8-9,11,22H,7,10,12-13H2,1H3,(H,20,24). The fraction of sp³-hybridized carbons (Fsp3) is 0.333. The van der Waals surface area contributed by atoms with E-state index in [1.807, 2.05) is 12.1 Å². The lowest BCUT2D eigenvalue weighted by Crippen LogP contribution is -2.53. The van der Waals surface area contributed by atoms with Crippen LogP contribution in [-0.2, 0) is 11.3 Å². The van der Waals surface area contributed by atoms with Crippen LogP contribution in [-0.4, -0.2) is 41.5 Å². The molecule has 2 aromatic rings. The smallest absolute Gasteiger partial charge is 0.246 e. The molecule has 0 saturated carbocycles. The Morgan fingerprint density at radius 2 is 2.12 bits per heavy atom. The van der Waals surface area contributed by atoms with Crippen molar-refractivity contribution in [1.29, 1.82) is 0 Å². The summed E-state index contributed by atoms with van der Waals surface area (Å²) < 4.78 is 13.5. The number of hydrogen-bond acceptors (Lipinski definition) is 4. The zero-order valence-corrected chi connectivity index (χ0v) is 13.6. The number of benzene rings is 1. The molecule has 1 amide bonds. The van der Waals surface area contributed by atoms with Crippen LogP contribution in [0.4, 0.5) is 10.1 Å². The number of aromatic nitrogens is 1. The van der Waals surface area contributed by atoms with Crippen molar-refractivity contribution < 1.29 is 9.18 Å². The summed E-state index contributed by atoms with van der Waals surface area (Å²) in [5.41, 5.74) is 1.02. The lowest BCUT2D eigenvalue weighted by molar-refractivity contribution is -0.124. The van der Waals surface area contributed by atoms with E-state index in [0.717, 1.165) is 18.7 Å². The summed E-state index contributed by atoms with van der Waals surface area (Å²) in [6, 6.07) is 10.2. The first kappa shape index (κ1) is 16.4. The highest BCUT2D eigenvalue weighted by Crippen LogP contribution is 2.28. The van der Waals surface area contributed by atoms with Crippen molar-refractivity contribution in [2.75, 3.05) is 25.5 Å². The number of likely N-dealkylation sites (N-methyl/N-ethyl adjacent to an activating group) is 1. The first-order valence-corrected chi connectivity index (χ1v) is 7.98. The molecule has 3 rings (SSSR count). The Morgan fingerprint density at radius 1 is 1.33 bits per heavy atom. The summed E-state index contributed by atoms with van der Waals surface area (Å²) in [5, 5.41) is 5.99. The molecule has 6 heteroatoms. The highest BCUT2D eigenvalue weighted by Gasteiger charge is 2.44. The molecule has 1 aliphatic rings. The zero-order chi connectivity index (χ0) is 17.0. The van der Waals surface area contributed by atoms with Gasteiger partial charge in [-0.1, -0.05) is 6.07 Å². The van der Waals surface area contributed by atoms with Gasteiger partial charge in [-0.05, 0) is 42.3 Å². The third kappa shape index (κ3) is 3.54. The van der Waals surface area contributed by atoms with Gasteiger partial charge < -0.3 is 10.6 Å². The maximum Gasteiger partial charge on any atom is 0.246 e. The van der Waals surface area contributed by atoms with Crippen molar-refractivity contribution in [2.45, 2.75) is 18.5 Å². The molecule has 0 bridgehead atoms. The van der Waals surface area contributed by atoms with Gasteiger partial charge in [-0.15, -0.1) is 0 Å². The Morgan fingerprint density at radius 3 is 2.83 bits per heavy atom. The molecule has 1 aromatic carbocycles. The minimum absolute atomic E-state index is 0.0796. The van der Waals surface area contributed by atoms with Gasteiger partial charge in [0.25, 0.3) is 0 Å². The summed E-state index contributed by atoms with van der Waals surface area (Å²) >= 11 is 0. The van der Waals surface area contributed by atoms with Gasteiger partial charge in [0, 0.05) is 44.8 Å². The highest BCUT2D eigenvalue weighted by molar-refractivity contribution is 5.90. The summed E-state index contributed by atoms with van der Waals surface area (Å²) in [6.45, 7) is 2.11. The van der Waals surface area contributed by atoms with Crippen molar-refractivity contribution in [1.82, 2.24) is 15.2 Å². The van der Waals surface area contributed by atoms with E-state index in [2.05, 4.69) is 20.5 Å². The number of halogens is 1. The number of rotatable bonds is 5. The van der Waals surface area contributed by atoms with Gasteiger partial charge in [0.2, 0.25) is 5.91 Å². The van der Waals surface area contributed by atoms with Crippen LogP contribution in [0.3, 0.4) is 0 Å². The van der Waals surface area contributed by atoms with Crippen LogP contribution in [0.1, 0.15) is 12.0 Å². The fourth-order valence-corrected chi connectivity index (χ4v) is 3.20. The summed E-state index contributed by atoms with van der Waals surface area (Å²) in [7, 11) is 1.63. The van der Waals surface area contributed by atoms with Gasteiger partial charge in [-0.25, -0.2) is 4.39 Å². The van der Waals surface area contributed by atoms with Crippen LogP contribution in [0, 0.1) is 5.82 Å². The SMILES string of the molecule is CNC(=O)C1(Nc2cccc(F)c2)CCN(Cc2ccncc2)C1. The average Bonchev–Trinajstić information content (AvgIpc) is 2.99. The third-order valence-electron chi connectivity index (χ3n) is 4.37. The van der Waals surface area contributed by atoms with E-state index in [4.69, 9.17) is 0 Å². The molecule has 2 N–H and O–H groups in total. The summed E-state index contributed by atoms with van der Waals surface area (Å²) in [6.07, 6.45) is 4.19. The number of carbonyl (C=O) groups excluding carboxylic acids is 1. The molecule has 24 heavy (non-hydrogen) atoms. The molecule has 1 saturated heterocycles. The number of pyridine rings is 1. The van der Waals surface area contributed by atoms with Crippen LogP contribution >= 0.6 is 0 Å². The summed E-state index contributed by atoms with van der Waals surface area (Å²) in [5.74, 6) is -0.400. The Bertz CT molecular complexity index is 709. The number of hydrogen-bond donors (Lipinski definition) is 2. The van der Waals surface area contributed by atoms with E-state index in [0.29, 0.717) is 18.7 Å². The predicted molar refractivity (Wildman–Crippen MR) is 91.0 cm³/mol. The number of amides is 1. The number of likely N-dealkylation sites (tertiary alicyclic amines) is 1. The molecule has 1 aromatic heterocycles. The van der Waals surface area contributed by atoms with E-state index < -0.39 is 5.54 Å². The van der Waals surface area contributed by atoms with Gasteiger partial charge >= 0.3 is 0 Å². The Balaban J connectivity index is 1.76. The minimum Gasteiger partial charge on any atom is -0.370 e. The average molecular weight is 328 g/mol. The molecule has 5 nitrogen and oxygen atoms in total. The first-order valence-electron chi connectivity index (χ1n) is 7.98. The van der Waals surface area contributed by atoms with Crippen molar-refractivity contribution in [2.24, 2.45) is 0 Å². The van der Waals surface area contributed by atoms with Gasteiger partial charge in [0.15, 0.2) is 0 Å². The van der Waals surface area contributed by atoms with Crippen LogP contribution < -0.4 is 10.6 Å². The number of carbonyl (C=O) groups is 1. The molecule has 126 valence electrons. The van der Waals surface area contributed by atoms with Crippen LogP contribution in [0.25, 0.3) is 0 Å². The van der Waals surface area contributed by atoms with Crippen molar-refractivity contribution in [3.8, 4) is 0 Å². The lowest BCUT2D eigenvalue weighted by atomic mass is 9.96.